The van der Waals surface area contributed by atoms with E-state index in [1.165, 1.54) is 69.1 Å². The van der Waals surface area contributed by atoms with Crippen molar-refractivity contribution in [2.45, 2.75) is 64.2 Å². The van der Waals surface area contributed by atoms with Crippen LogP contribution in [0.3, 0.4) is 0 Å². The molecule has 0 N–H and O–H groups in total. The summed E-state index contributed by atoms with van der Waals surface area (Å²) in [5.41, 5.74) is 4.43. The Morgan fingerprint density at radius 1 is 0.767 bits per heavy atom. The van der Waals surface area contributed by atoms with E-state index in [1.807, 2.05) is 12.4 Å². The fraction of sp³-hybridized carbons (Fsp3) is 0.407. The van der Waals surface area contributed by atoms with E-state index < -0.39 is 0 Å². The Labute approximate surface area is 179 Å². The van der Waals surface area contributed by atoms with Crippen molar-refractivity contribution in [3.63, 3.8) is 0 Å². The predicted molar refractivity (Wildman–Crippen MR) is 122 cm³/mol. The molecule has 0 bridgehead atoms. The van der Waals surface area contributed by atoms with Crippen molar-refractivity contribution in [1.82, 2.24) is 9.97 Å². The Balaban J connectivity index is 1.36. The SMILES string of the molecule is CCCCCC1CCC(c2ccc(-c3cnc(-c4ccc(F)cc4)nc3)cc2)CC1. The number of unbranched alkanes of at least 4 members (excludes halogenated alkanes) is 2. The van der Waals surface area contributed by atoms with E-state index in [4.69, 9.17) is 0 Å². The van der Waals surface area contributed by atoms with Gasteiger partial charge in [-0.3, -0.25) is 0 Å². The molecule has 0 radical (unpaired) electrons. The minimum absolute atomic E-state index is 0.250. The van der Waals surface area contributed by atoms with Crippen LogP contribution in [-0.4, -0.2) is 9.97 Å². The third-order valence-corrected chi connectivity index (χ3v) is 6.53. The minimum atomic E-state index is -0.250. The van der Waals surface area contributed by atoms with Crippen LogP contribution in [0.5, 0.6) is 0 Å². The molecule has 4 rings (SSSR count). The van der Waals surface area contributed by atoms with E-state index in [2.05, 4.69) is 41.2 Å². The smallest absolute Gasteiger partial charge is 0.159 e. The van der Waals surface area contributed by atoms with Crippen molar-refractivity contribution in [3.8, 4) is 22.5 Å². The number of halogens is 1. The van der Waals surface area contributed by atoms with Crippen LogP contribution in [-0.2, 0) is 0 Å². The molecule has 0 amide bonds. The number of aromatic nitrogens is 2. The number of hydrogen-bond donors (Lipinski definition) is 0. The summed E-state index contributed by atoms with van der Waals surface area (Å²) in [7, 11) is 0. The molecule has 1 aliphatic rings. The monoisotopic (exact) mass is 402 g/mol. The highest BCUT2D eigenvalue weighted by molar-refractivity contribution is 5.64. The molecule has 156 valence electrons. The summed E-state index contributed by atoms with van der Waals surface area (Å²) in [5, 5.41) is 0. The van der Waals surface area contributed by atoms with Gasteiger partial charge in [-0.15, -0.1) is 0 Å². The van der Waals surface area contributed by atoms with Gasteiger partial charge in [-0.1, -0.05) is 56.9 Å². The molecule has 0 atom stereocenters. The average Bonchev–Trinajstić information content (AvgIpc) is 2.81. The van der Waals surface area contributed by atoms with Crippen molar-refractivity contribution < 1.29 is 4.39 Å². The van der Waals surface area contributed by atoms with Crippen LogP contribution in [0.15, 0.2) is 60.9 Å². The van der Waals surface area contributed by atoms with Crippen LogP contribution in [0.2, 0.25) is 0 Å². The van der Waals surface area contributed by atoms with E-state index in [1.54, 1.807) is 12.1 Å². The van der Waals surface area contributed by atoms with Gasteiger partial charge in [-0.05, 0) is 72.9 Å². The maximum absolute atomic E-state index is 13.1. The van der Waals surface area contributed by atoms with Gasteiger partial charge in [0.2, 0.25) is 0 Å². The van der Waals surface area contributed by atoms with Crippen molar-refractivity contribution in [2.24, 2.45) is 5.92 Å². The summed E-state index contributed by atoms with van der Waals surface area (Å²) < 4.78 is 13.1. The van der Waals surface area contributed by atoms with Crippen LogP contribution < -0.4 is 0 Å². The number of hydrogen-bond acceptors (Lipinski definition) is 2. The van der Waals surface area contributed by atoms with Gasteiger partial charge in [-0.25, -0.2) is 14.4 Å². The van der Waals surface area contributed by atoms with Gasteiger partial charge in [0.1, 0.15) is 5.82 Å². The van der Waals surface area contributed by atoms with E-state index in [0.29, 0.717) is 11.7 Å². The van der Waals surface area contributed by atoms with Gasteiger partial charge in [0.25, 0.3) is 0 Å². The first-order valence-electron chi connectivity index (χ1n) is 11.4. The lowest BCUT2D eigenvalue weighted by Gasteiger charge is -2.29. The van der Waals surface area contributed by atoms with Crippen LogP contribution in [0.1, 0.15) is 69.8 Å². The van der Waals surface area contributed by atoms with E-state index in [-0.39, 0.29) is 5.82 Å². The summed E-state index contributed by atoms with van der Waals surface area (Å²) in [4.78, 5) is 8.95. The zero-order valence-corrected chi connectivity index (χ0v) is 17.9. The quantitative estimate of drug-likeness (QED) is 0.377. The first kappa shape index (κ1) is 20.7. The second kappa shape index (κ2) is 9.97. The molecule has 1 fully saturated rings. The highest BCUT2D eigenvalue weighted by atomic mass is 19.1. The molecule has 1 saturated carbocycles. The molecule has 0 spiro atoms. The largest absolute Gasteiger partial charge is 0.236 e. The third kappa shape index (κ3) is 5.13. The van der Waals surface area contributed by atoms with Gasteiger partial charge >= 0.3 is 0 Å². The Bertz CT molecular complexity index is 909. The van der Waals surface area contributed by atoms with Crippen LogP contribution in [0.4, 0.5) is 4.39 Å². The number of rotatable bonds is 7. The summed E-state index contributed by atoms with van der Waals surface area (Å²) in [5.74, 6) is 2.02. The Kier molecular flexibility index (Phi) is 6.88. The highest BCUT2D eigenvalue weighted by Gasteiger charge is 2.22. The number of nitrogens with zero attached hydrogens (tertiary/aromatic N) is 2. The second-order valence-electron chi connectivity index (χ2n) is 8.64. The summed E-state index contributed by atoms with van der Waals surface area (Å²) in [6.07, 6.45) is 14.7. The van der Waals surface area contributed by atoms with Crippen molar-refractivity contribution in [2.75, 3.05) is 0 Å². The lowest BCUT2D eigenvalue weighted by Crippen LogP contribution is -2.13. The van der Waals surface area contributed by atoms with Gasteiger partial charge < -0.3 is 0 Å². The summed E-state index contributed by atoms with van der Waals surface area (Å²) in [6, 6.07) is 15.2. The normalized spacial score (nSPS) is 19.0. The minimum Gasteiger partial charge on any atom is -0.236 e. The predicted octanol–water partition coefficient (Wildman–Crippen LogP) is 7.80. The lowest BCUT2D eigenvalue weighted by atomic mass is 9.77. The van der Waals surface area contributed by atoms with Crippen molar-refractivity contribution in [3.05, 3.63) is 72.3 Å². The van der Waals surface area contributed by atoms with E-state index in [9.17, 15) is 4.39 Å². The van der Waals surface area contributed by atoms with Crippen LogP contribution in [0.25, 0.3) is 22.5 Å². The first-order valence-corrected chi connectivity index (χ1v) is 11.4. The molecular formula is C27H31FN2. The molecular weight excluding hydrogens is 371 g/mol. The maximum atomic E-state index is 13.1. The first-order chi connectivity index (χ1) is 14.7. The lowest BCUT2D eigenvalue weighted by molar-refractivity contribution is 0.303. The molecule has 1 aliphatic carbocycles. The topological polar surface area (TPSA) is 25.8 Å². The van der Waals surface area contributed by atoms with Gasteiger partial charge in [-0.2, -0.15) is 0 Å². The molecule has 30 heavy (non-hydrogen) atoms. The fourth-order valence-electron chi connectivity index (χ4n) is 4.64. The molecule has 0 unspecified atom stereocenters. The molecule has 3 aromatic rings. The standard InChI is InChI=1S/C27H31FN2/c1-2-3-4-5-20-6-8-21(9-7-20)22-10-12-23(13-11-22)25-18-29-27(30-19-25)24-14-16-26(28)17-15-24/h10-21H,2-9H2,1H3. The van der Waals surface area contributed by atoms with Crippen LogP contribution >= 0.6 is 0 Å². The van der Waals surface area contributed by atoms with Crippen molar-refractivity contribution in [1.29, 1.82) is 0 Å². The molecule has 2 aromatic carbocycles. The molecule has 1 aromatic heterocycles. The Hall–Kier alpha value is -2.55. The zero-order valence-electron chi connectivity index (χ0n) is 17.9. The molecule has 3 heteroatoms. The Morgan fingerprint density at radius 2 is 1.40 bits per heavy atom. The molecule has 2 nitrogen and oxygen atoms in total. The van der Waals surface area contributed by atoms with Gasteiger partial charge in [0, 0.05) is 23.5 Å². The molecule has 1 heterocycles. The molecule has 0 aliphatic heterocycles. The van der Waals surface area contributed by atoms with Gasteiger partial charge in [0.05, 0.1) is 0 Å². The third-order valence-electron chi connectivity index (χ3n) is 6.53. The number of benzene rings is 2. The molecule has 0 saturated heterocycles. The van der Waals surface area contributed by atoms with Gasteiger partial charge in [0.15, 0.2) is 5.82 Å². The highest BCUT2D eigenvalue weighted by Crippen LogP contribution is 2.38. The zero-order chi connectivity index (χ0) is 20.8. The summed E-state index contributed by atoms with van der Waals surface area (Å²) >= 11 is 0. The van der Waals surface area contributed by atoms with Crippen molar-refractivity contribution >= 4 is 0 Å². The second-order valence-corrected chi connectivity index (χ2v) is 8.64. The fourth-order valence-corrected chi connectivity index (χ4v) is 4.64. The maximum Gasteiger partial charge on any atom is 0.159 e. The average molecular weight is 403 g/mol. The Morgan fingerprint density at radius 3 is 2.03 bits per heavy atom. The van der Waals surface area contributed by atoms with E-state index in [0.717, 1.165) is 22.6 Å². The van der Waals surface area contributed by atoms with E-state index >= 15 is 0 Å². The summed E-state index contributed by atoms with van der Waals surface area (Å²) in [6.45, 7) is 2.28. The van der Waals surface area contributed by atoms with Crippen LogP contribution in [0, 0.1) is 11.7 Å².